The van der Waals surface area contributed by atoms with Crippen LogP contribution in [0.1, 0.15) is 23.0 Å². The second kappa shape index (κ2) is 9.11. The molecule has 0 unspecified atom stereocenters. The molecule has 0 bridgehead atoms. The Labute approximate surface area is 185 Å². The van der Waals surface area contributed by atoms with Gasteiger partial charge in [-0.1, -0.05) is 23.7 Å². The monoisotopic (exact) mass is 436 g/mol. The molecule has 1 aliphatic heterocycles. The molecule has 0 saturated carbocycles. The highest BCUT2D eigenvalue weighted by Gasteiger charge is 2.27. The van der Waals surface area contributed by atoms with Gasteiger partial charge in [-0.2, -0.15) is 10.2 Å². The molecule has 0 N–H and O–H groups in total. The predicted octanol–water partition coefficient (Wildman–Crippen LogP) is 4.23. The number of anilines is 1. The van der Waals surface area contributed by atoms with Crippen LogP contribution in [0.5, 0.6) is 5.75 Å². The zero-order valence-corrected chi connectivity index (χ0v) is 17.8. The lowest BCUT2D eigenvalue weighted by Gasteiger charge is -2.34. The summed E-state index contributed by atoms with van der Waals surface area (Å²) in [7, 11) is 0. The van der Waals surface area contributed by atoms with E-state index in [2.05, 4.69) is 11.1 Å². The molecule has 0 aliphatic carbocycles. The molecule has 7 nitrogen and oxygen atoms in total. The van der Waals surface area contributed by atoms with Gasteiger partial charge in [0.25, 0.3) is 5.91 Å². The molecule has 2 aromatic carbocycles. The van der Waals surface area contributed by atoms with Crippen LogP contribution in [0.25, 0.3) is 11.5 Å². The molecule has 1 saturated heterocycles. The summed E-state index contributed by atoms with van der Waals surface area (Å²) in [6, 6.07) is 16.5. The summed E-state index contributed by atoms with van der Waals surface area (Å²) in [6.07, 6.45) is 0. The summed E-state index contributed by atoms with van der Waals surface area (Å²) < 4.78 is 11.3. The topological polar surface area (TPSA) is 82.6 Å². The van der Waals surface area contributed by atoms with E-state index in [1.54, 1.807) is 41.3 Å². The largest absolute Gasteiger partial charge is 0.494 e. The van der Waals surface area contributed by atoms with E-state index in [4.69, 9.17) is 20.8 Å². The molecule has 3 aromatic rings. The van der Waals surface area contributed by atoms with Gasteiger partial charge in [0.1, 0.15) is 11.8 Å². The number of aromatic nitrogens is 1. The number of halogens is 1. The first-order chi connectivity index (χ1) is 15.1. The Hall–Kier alpha value is -3.50. The van der Waals surface area contributed by atoms with E-state index < -0.39 is 0 Å². The van der Waals surface area contributed by atoms with Crippen LogP contribution in [0.15, 0.2) is 52.9 Å². The summed E-state index contributed by atoms with van der Waals surface area (Å²) in [5.74, 6) is 1.43. The highest BCUT2D eigenvalue weighted by Crippen LogP contribution is 2.32. The number of nitrogens with zero attached hydrogens (tertiary/aromatic N) is 4. The van der Waals surface area contributed by atoms with Gasteiger partial charge >= 0.3 is 0 Å². The number of amides is 1. The summed E-state index contributed by atoms with van der Waals surface area (Å²) in [6.45, 7) is 4.60. The lowest BCUT2D eigenvalue weighted by molar-refractivity contribution is 0.0745. The first-order valence-electron chi connectivity index (χ1n) is 10.0. The van der Waals surface area contributed by atoms with Crippen LogP contribution in [0.3, 0.4) is 0 Å². The second-order valence-corrected chi connectivity index (χ2v) is 7.41. The van der Waals surface area contributed by atoms with E-state index in [0.29, 0.717) is 60.7 Å². The fraction of sp³-hybridized carbons (Fsp3) is 0.261. The molecule has 4 rings (SSSR count). The Morgan fingerprint density at radius 3 is 2.52 bits per heavy atom. The first kappa shape index (κ1) is 20.8. The van der Waals surface area contributed by atoms with Crippen molar-refractivity contribution in [2.45, 2.75) is 6.92 Å². The Morgan fingerprint density at radius 2 is 1.87 bits per heavy atom. The summed E-state index contributed by atoms with van der Waals surface area (Å²) in [4.78, 5) is 20.9. The van der Waals surface area contributed by atoms with Crippen molar-refractivity contribution in [1.82, 2.24) is 9.88 Å². The Bertz CT molecular complexity index is 1110. The van der Waals surface area contributed by atoms with Gasteiger partial charge in [-0.15, -0.1) is 0 Å². The van der Waals surface area contributed by atoms with Gasteiger partial charge in [-0.05, 0) is 43.3 Å². The van der Waals surface area contributed by atoms with Crippen molar-refractivity contribution in [3.63, 3.8) is 0 Å². The van der Waals surface area contributed by atoms with Crippen LogP contribution >= 0.6 is 11.6 Å². The van der Waals surface area contributed by atoms with E-state index in [1.165, 1.54) is 0 Å². The molecular weight excluding hydrogens is 416 g/mol. The molecule has 2 heterocycles. The van der Waals surface area contributed by atoms with Gasteiger partial charge in [-0.25, -0.2) is 0 Å². The third kappa shape index (κ3) is 4.35. The molecule has 0 radical (unpaired) electrons. The number of oxazole rings is 1. The Balaban J connectivity index is 1.46. The highest BCUT2D eigenvalue weighted by atomic mass is 35.5. The number of benzene rings is 2. The molecule has 0 spiro atoms. The van der Waals surface area contributed by atoms with E-state index in [1.807, 2.05) is 24.0 Å². The van der Waals surface area contributed by atoms with Crippen molar-refractivity contribution in [3.8, 4) is 23.3 Å². The van der Waals surface area contributed by atoms with Crippen LogP contribution < -0.4 is 9.64 Å². The summed E-state index contributed by atoms with van der Waals surface area (Å²) >= 11 is 6.24. The van der Waals surface area contributed by atoms with Crippen LogP contribution in [-0.4, -0.2) is 48.6 Å². The smallest absolute Gasteiger partial charge is 0.253 e. The minimum absolute atomic E-state index is 0.0301. The second-order valence-electron chi connectivity index (χ2n) is 7.00. The number of hydrogen-bond donors (Lipinski definition) is 0. The van der Waals surface area contributed by atoms with Gasteiger partial charge < -0.3 is 19.0 Å². The average Bonchev–Trinajstić information content (AvgIpc) is 3.24. The SMILES string of the molecule is CCOc1ccc(C(=O)N2CCN(c3oc(-c4ccccc4Cl)nc3C#N)CC2)cc1. The maximum Gasteiger partial charge on any atom is 0.253 e. The van der Waals surface area contributed by atoms with Crippen LogP contribution in [0, 0.1) is 11.3 Å². The third-order valence-electron chi connectivity index (χ3n) is 5.09. The van der Waals surface area contributed by atoms with Crippen LogP contribution in [0.2, 0.25) is 5.02 Å². The Kier molecular flexibility index (Phi) is 6.10. The van der Waals surface area contributed by atoms with Crippen molar-refractivity contribution in [3.05, 3.63) is 64.8 Å². The van der Waals surface area contributed by atoms with Gasteiger partial charge in [0.05, 0.1) is 17.2 Å². The van der Waals surface area contributed by atoms with Crippen LogP contribution in [0.4, 0.5) is 5.88 Å². The number of rotatable bonds is 5. The minimum atomic E-state index is -0.0301. The van der Waals surface area contributed by atoms with E-state index in [9.17, 15) is 10.1 Å². The quantitative estimate of drug-likeness (QED) is 0.595. The molecule has 1 aliphatic rings. The maximum absolute atomic E-state index is 12.8. The molecule has 1 amide bonds. The van der Waals surface area contributed by atoms with Gasteiger partial charge in [0.15, 0.2) is 0 Å². The van der Waals surface area contributed by atoms with Gasteiger partial charge in [0.2, 0.25) is 17.5 Å². The highest BCUT2D eigenvalue weighted by molar-refractivity contribution is 6.33. The number of carbonyl (C=O) groups excluding carboxylic acids is 1. The maximum atomic E-state index is 12.8. The Morgan fingerprint density at radius 1 is 1.16 bits per heavy atom. The van der Waals surface area contributed by atoms with Crippen molar-refractivity contribution >= 4 is 23.4 Å². The molecule has 1 aromatic heterocycles. The number of ether oxygens (including phenoxy) is 1. The molecular formula is C23H21ClN4O3. The first-order valence-corrected chi connectivity index (χ1v) is 10.4. The van der Waals surface area contributed by atoms with Crippen molar-refractivity contribution in [2.75, 3.05) is 37.7 Å². The number of hydrogen-bond acceptors (Lipinski definition) is 6. The van der Waals surface area contributed by atoms with Crippen molar-refractivity contribution in [2.24, 2.45) is 0 Å². The fourth-order valence-corrected chi connectivity index (χ4v) is 3.72. The summed E-state index contributed by atoms with van der Waals surface area (Å²) in [5, 5.41) is 10.0. The predicted molar refractivity (Wildman–Crippen MR) is 117 cm³/mol. The fourth-order valence-electron chi connectivity index (χ4n) is 3.50. The van der Waals surface area contributed by atoms with E-state index in [0.717, 1.165) is 5.75 Å². The van der Waals surface area contributed by atoms with Crippen LogP contribution in [-0.2, 0) is 0 Å². The molecule has 8 heteroatoms. The van der Waals surface area contributed by atoms with E-state index >= 15 is 0 Å². The standard InChI is InChI=1S/C23H21ClN4O3/c1-2-30-17-9-7-16(8-10-17)22(29)27-11-13-28(14-12-27)23-20(15-25)26-21(31-23)18-5-3-4-6-19(18)24/h3-10H,2,11-14H2,1H3. The zero-order chi connectivity index (χ0) is 21.8. The van der Waals surface area contributed by atoms with E-state index in [-0.39, 0.29) is 11.6 Å². The molecule has 1 fully saturated rings. The number of piperazine rings is 1. The molecule has 31 heavy (non-hydrogen) atoms. The van der Waals surface area contributed by atoms with Gasteiger partial charge in [0, 0.05) is 31.7 Å². The lowest BCUT2D eigenvalue weighted by atomic mass is 10.1. The lowest BCUT2D eigenvalue weighted by Crippen LogP contribution is -2.48. The normalized spacial score (nSPS) is 13.7. The van der Waals surface area contributed by atoms with Crippen molar-refractivity contribution in [1.29, 1.82) is 5.26 Å². The summed E-state index contributed by atoms with van der Waals surface area (Å²) in [5.41, 5.74) is 1.47. The average molecular weight is 437 g/mol. The third-order valence-corrected chi connectivity index (χ3v) is 5.42. The molecule has 0 atom stereocenters. The number of nitriles is 1. The minimum Gasteiger partial charge on any atom is -0.494 e. The zero-order valence-electron chi connectivity index (χ0n) is 17.0. The number of carbonyl (C=O) groups is 1. The molecule has 158 valence electrons. The van der Waals surface area contributed by atoms with Gasteiger partial charge in [-0.3, -0.25) is 4.79 Å². The van der Waals surface area contributed by atoms with Crippen molar-refractivity contribution < 1.29 is 13.9 Å².